The standard InChI is InChI=1S/C14H23N3O2S/c1-3-4-12-9-20-13(15-12)16-14(19)17-7-11(8-18)6-5-10(17)2/h9-11,18H,3-8H2,1-2H3,(H,15,16,19). The first-order valence-electron chi connectivity index (χ1n) is 7.27. The average molecular weight is 297 g/mol. The summed E-state index contributed by atoms with van der Waals surface area (Å²) < 4.78 is 0. The number of hydrogen-bond donors (Lipinski definition) is 2. The van der Waals surface area contributed by atoms with Gasteiger partial charge in [0.25, 0.3) is 0 Å². The molecule has 1 aliphatic rings. The van der Waals surface area contributed by atoms with Crippen LogP contribution in [0.2, 0.25) is 0 Å². The van der Waals surface area contributed by atoms with E-state index in [1.165, 1.54) is 11.3 Å². The molecule has 0 aliphatic carbocycles. The third-order valence-electron chi connectivity index (χ3n) is 3.77. The third kappa shape index (κ3) is 3.70. The molecule has 2 amide bonds. The van der Waals surface area contributed by atoms with Gasteiger partial charge in [-0.15, -0.1) is 11.3 Å². The molecule has 1 saturated heterocycles. The molecule has 1 aromatic rings. The molecular formula is C14H23N3O2S. The quantitative estimate of drug-likeness (QED) is 0.898. The Morgan fingerprint density at radius 3 is 3.10 bits per heavy atom. The zero-order chi connectivity index (χ0) is 14.5. The highest BCUT2D eigenvalue weighted by Crippen LogP contribution is 2.23. The van der Waals surface area contributed by atoms with Gasteiger partial charge in [-0.05, 0) is 32.1 Å². The van der Waals surface area contributed by atoms with Gasteiger partial charge >= 0.3 is 6.03 Å². The predicted octanol–water partition coefficient (Wildman–Crippen LogP) is 2.72. The maximum absolute atomic E-state index is 12.3. The van der Waals surface area contributed by atoms with E-state index in [2.05, 4.69) is 24.1 Å². The fourth-order valence-electron chi connectivity index (χ4n) is 2.51. The molecule has 0 radical (unpaired) electrons. The van der Waals surface area contributed by atoms with Crippen LogP contribution in [0.15, 0.2) is 5.38 Å². The number of aryl methyl sites for hydroxylation is 1. The summed E-state index contributed by atoms with van der Waals surface area (Å²) in [5.74, 6) is 0.198. The molecule has 0 bridgehead atoms. The first kappa shape index (κ1) is 15.3. The summed E-state index contributed by atoms with van der Waals surface area (Å²) in [7, 11) is 0. The van der Waals surface area contributed by atoms with Gasteiger partial charge in [0, 0.05) is 24.6 Å². The molecule has 2 unspecified atom stereocenters. The first-order chi connectivity index (χ1) is 9.63. The lowest BCUT2D eigenvalue weighted by molar-refractivity contribution is 0.107. The van der Waals surface area contributed by atoms with Gasteiger partial charge in [0.1, 0.15) is 0 Å². The molecule has 5 nitrogen and oxygen atoms in total. The van der Waals surface area contributed by atoms with Crippen molar-refractivity contribution in [2.75, 3.05) is 18.5 Å². The molecule has 2 atom stereocenters. The molecule has 1 aromatic heterocycles. The van der Waals surface area contributed by atoms with Crippen LogP contribution in [-0.2, 0) is 6.42 Å². The fraction of sp³-hybridized carbons (Fsp3) is 0.714. The monoisotopic (exact) mass is 297 g/mol. The van der Waals surface area contributed by atoms with E-state index in [4.69, 9.17) is 0 Å². The van der Waals surface area contributed by atoms with Gasteiger partial charge < -0.3 is 10.0 Å². The molecule has 112 valence electrons. The number of aliphatic hydroxyl groups is 1. The number of carbonyl (C=O) groups excluding carboxylic acids is 1. The molecule has 1 aliphatic heterocycles. The van der Waals surface area contributed by atoms with Gasteiger partial charge in [0.15, 0.2) is 5.13 Å². The molecule has 20 heavy (non-hydrogen) atoms. The average Bonchev–Trinajstić information content (AvgIpc) is 2.87. The molecule has 0 saturated carbocycles. The number of thiazole rings is 1. The van der Waals surface area contributed by atoms with Gasteiger partial charge in [0.2, 0.25) is 0 Å². The van der Waals surface area contributed by atoms with Crippen LogP contribution in [0.25, 0.3) is 0 Å². The Bertz CT molecular complexity index is 449. The van der Waals surface area contributed by atoms with Crippen LogP contribution in [0.3, 0.4) is 0 Å². The number of amides is 2. The van der Waals surface area contributed by atoms with Crippen molar-refractivity contribution >= 4 is 22.5 Å². The van der Waals surface area contributed by atoms with E-state index in [1.807, 2.05) is 10.3 Å². The van der Waals surface area contributed by atoms with Gasteiger partial charge in [0.05, 0.1) is 5.69 Å². The second-order valence-corrected chi connectivity index (χ2v) is 6.31. The zero-order valence-electron chi connectivity index (χ0n) is 12.1. The Morgan fingerprint density at radius 2 is 2.40 bits per heavy atom. The Hall–Kier alpha value is -1.14. The molecule has 1 fully saturated rings. The van der Waals surface area contributed by atoms with Crippen molar-refractivity contribution in [1.82, 2.24) is 9.88 Å². The van der Waals surface area contributed by atoms with Crippen molar-refractivity contribution in [3.8, 4) is 0 Å². The van der Waals surface area contributed by atoms with E-state index in [0.717, 1.165) is 31.4 Å². The lowest BCUT2D eigenvalue weighted by atomic mass is 9.94. The highest BCUT2D eigenvalue weighted by atomic mass is 32.1. The highest BCUT2D eigenvalue weighted by molar-refractivity contribution is 7.13. The normalized spacial score (nSPS) is 22.9. The van der Waals surface area contributed by atoms with Crippen LogP contribution in [0.5, 0.6) is 0 Å². The number of nitrogens with one attached hydrogen (secondary N) is 1. The Labute approximate surface area is 124 Å². The van der Waals surface area contributed by atoms with Crippen molar-refractivity contribution in [3.05, 3.63) is 11.1 Å². The maximum atomic E-state index is 12.3. The Morgan fingerprint density at radius 1 is 1.60 bits per heavy atom. The number of aromatic nitrogens is 1. The van der Waals surface area contributed by atoms with Crippen LogP contribution < -0.4 is 5.32 Å². The van der Waals surface area contributed by atoms with Crippen molar-refractivity contribution in [2.45, 2.75) is 45.6 Å². The van der Waals surface area contributed by atoms with Gasteiger partial charge in [-0.2, -0.15) is 0 Å². The number of hydrogen-bond acceptors (Lipinski definition) is 4. The second kappa shape index (κ2) is 7.04. The van der Waals surface area contributed by atoms with Crippen molar-refractivity contribution in [2.24, 2.45) is 5.92 Å². The number of carbonyl (C=O) groups is 1. The van der Waals surface area contributed by atoms with E-state index < -0.39 is 0 Å². The SMILES string of the molecule is CCCc1csc(NC(=O)N2CC(CO)CCC2C)n1. The number of anilines is 1. The summed E-state index contributed by atoms with van der Waals surface area (Å²) in [6, 6.07) is 0.112. The van der Waals surface area contributed by atoms with E-state index in [-0.39, 0.29) is 24.6 Å². The number of rotatable bonds is 4. The minimum Gasteiger partial charge on any atom is -0.396 e. The lowest BCUT2D eigenvalue weighted by Gasteiger charge is -2.37. The van der Waals surface area contributed by atoms with E-state index in [1.54, 1.807) is 0 Å². The molecule has 2 rings (SSSR count). The van der Waals surface area contributed by atoms with Gasteiger partial charge in [-0.25, -0.2) is 9.78 Å². The summed E-state index contributed by atoms with van der Waals surface area (Å²) in [5.41, 5.74) is 1.03. The van der Waals surface area contributed by atoms with Crippen LogP contribution in [0.1, 0.15) is 38.8 Å². The topological polar surface area (TPSA) is 65.5 Å². The fourth-order valence-corrected chi connectivity index (χ4v) is 3.25. The molecule has 6 heteroatoms. The highest BCUT2D eigenvalue weighted by Gasteiger charge is 2.28. The Kier molecular flexibility index (Phi) is 5.37. The summed E-state index contributed by atoms with van der Waals surface area (Å²) in [6.45, 7) is 4.94. The first-order valence-corrected chi connectivity index (χ1v) is 8.14. The van der Waals surface area contributed by atoms with E-state index in [0.29, 0.717) is 11.7 Å². The minimum atomic E-state index is -0.104. The van der Waals surface area contributed by atoms with Crippen molar-refractivity contribution in [1.29, 1.82) is 0 Å². The number of piperidine rings is 1. The third-order valence-corrected chi connectivity index (χ3v) is 4.58. The molecule has 0 spiro atoms. The van der Waals surface area contributed by atoms with Crippen molar-refractivity contribution in [3.63, 3.8) is 0 Å². The van der Waals surface area contributed by atoms with E-state index >= 15 is 0 Å². The maximum Gasteiger partial charge on any atom is 0.323 e. The molecule has 2 N–H and O–H groups in total. The second-order valence-electron chi connectivity index (χ2n) is 5.45. The van der Waals surface area contributed by atoms with Crippen LogP contribution >= 0.6 is 11.3 Å². The predicted molar refractivity (Wildman–Crippen MR) is 81.1 cm³/mol. The van der Waals surface area contributed by atoms with Crippen LogP contribution in [-0.4, -0.2) is 40.2 Å². The zero-order valence-corrected chi connectivity index (χ0v) is 12.9. The number of likely N-dealkylation sites (tertiary alicyclic amines) is 1. The Balaban J connectivity index is 1.95. The van der Waals surface area contributed by atoms with Crippen molar-refractivity contribution < 1.29 is 9.90 Å². The van der Waals surface area contributed by atoms with Crippen LogP contribution in [0.4, 0.5) is 9.93 Å². The molecule has 2 heterocycles. The molecular weight excluding hydrogens is 274 g/mol. The van der Waals surface area contributed by atoms with Gasteiger partial charge in [-0.3, -0.25) is 5.32 Å². The largest absolute Gasteiger partial charge is 0.396 e. The van der Waals surface area contributed by atoms with Gasteiger partial charge in [-0.1, -0.05) is 13.3 Å². The summed E-state index contributed by atoms with van der Waals surface area (Å²) in [5, 5.41) is 14.8. The molecule has 0 aromatic carbocycles. The summed E-state index contributed by atoms with van der Waals surface area (Å²) in [6.07, 6.45) is 3.93. The minimum absolute atomic E-state index is 0.104. The number of aliphatic hydroxyl groups excluding tert-OH is 1. The number of urea groups is 1. The summed E-state index contributed by atoms with van der Waals surface area (Å²) >= 11 is 1.47. The smallest absolute Gasteiger partial charge is 0.323 e. The van der Waals surface area contributed by atoms with E-state index in [9.17, 15) is 9.90 Å². The van der Waals surface area contributed by atoms with Crippen LogP contribution in [0, 0.1) is 5.92 Å². The number of nitrogens with zero attached hydrogens (tertiary/aromatic N) is 2. The summed E-state index contributed by atoms with van der Waals surface area (Å²) in [4.78, 5) is 18.5. The lowest BCUT2D eigenvalue weighted by Crippen LogP contribution is -2.48.